The van der Waals surface area contributed by atoms with Crippen molar-refractivity contribution in [2.75, 3.05) is 51.1 Å². The quantitative estimate of drug-likeness (QED) is 0.0562. The molecular formula is C34H70O6S. The Hall–Kier alpha value is 0.110. The minimum Gasteiger partial charge on any atom is -0.396 e. The summed E-state index contributed by atoms with van der Waals surface area (Å²) in [6, 6.07) is 0. The van der Waals surface area contributed by atoms with Gasteiger partial charge in [0.25, 0.3) is 0 Å². The third kappa shape index (κ3) is 29.9. The molecule has 0 bridgehead atoms. The molecule has 0 heterocycles. The molecule has 0 aromatic carbocycles. The van der Waals surface area contributed by atoms with E-state index in [0.29, 0.717) is 39.3 Å². The predicted molar refractivity (Wildman–Crippen MR) is 176 cm³/mol. The molecule has 4 unspecified atom stereocenters. The Kier molecular flexibility index (Phi) is 33.1. The van der Waals surface area contributed by atoms with E-state index >= 15 is 0 Å². The molecule has 248 valence electrons. The lowest BCUT2D eigenvalue weighted by Crippen LogP contribution is -2.22. The summed E-state index contributed by atoms with van der Waals surface area (Å²) in [6.45, 7) is 6.59. The van der Waals surface area contributed by atoms with Crippen LogP contribution in [0.2, 0.25) is 0 Å². The molecule has 0 aliphatic carbocycles. The summed E-state index contributed by atoms with van der Waals surface area (Å²) in [5.74, 6) is 2.23. The van der Waals surface area contributed by atoms with Gasteiger partial charge in [0.15, 0.2) is 0 Å². The van der Waals surface area contributed by atoms with Crippen LogP contribution < -0.4 is 0 Å². The third-order valence-electron chi connectivity index (χ3n) is 7.89. The molecule has 0 aliphatic rings. The fraction of sp³-hybridized carbons (Fsp3) is 1.00. The van der Waals surface area contributed by atoms with E-state index in [9.17, 15) is 20.4 Å². The standard InChI is InChI=1S/C34H70O6S/c1-3-5-7-9-11-13-15-17-19-33(37)27-39-25-31(21-23-35)29-41-30-32(22-24-36)26-40-28-34(38)20-18-16-14-12-10-8-6-4-2/h31-38H,3-30H2,1-2H3. The van der Waals surface area contributed by atoms with Crippen LogP contribution in [-0.4, -0.2) is 83.8 Å². The van der Waals surface area contributed by atoms with E-state index in [1.807, 2.05) is 11.8 Å². The van der Waals surface area contributed by atoms with Crippen LogP contribution in [-0.2, 0) is 9.47 Å². The van der Waals surface area contributed by atoms with Gasteiger partial charge >= 0.3 is 0 Å². The van der Waals surface area contributed by atoms with Crippen LogP contribution in [0.15, 0.2) is 0 Å². The highest BCUT2D eigenvalue weighted by molar-refractivity contribution is 7.99. The maximum atomic E-state index is 10.3. The van der Waals surface area contributed by atoms with Gasteiger partial charge in [0.2, 0.25) is 0 Å². The molecular weight excluding hydrogens is 536 g/mol. The molecule has 0 amide bonds. The number of ether oxygens (including phenoxy) is 2. The first-order valence-electron chi connectivity index (χ1n) is 17.4. The summed E-state index contributed by atoms with van der Waals surface area (Å²) >= 11 is 1.81. The fourth-order valence-corrected chi connectivity index (χ4v) is 6.46. The van der Waals surface area contributed by atoms with Crippen LogP contribution in [0.1, 0.15) is 142 Å². The number of aliphatic hydroxyl groups is 4. The Morgan fingerprint density at radius 2 is 0.805 bits per heavy atom. The van der Waals surface area contributed by atoms with Crippen molar-refractivity contribution in [3.63, 3.8) is 0 Å². The van der Waals surface area contributed by atoms with E-state index in [-0.39, 0.29) is 25.0 Å². The van der Waals surface area contributed by atoms with E-state index in [2.05, 4.69) is 13.8 Å². The van der Waals surface area contributed by atoms with E-state index < -0.39 is 12.2 Å². The Morgan fingerprint density at radius 3 is 1.15 bits per heavy atom. The minimum atomic E-state index is -0.408. The largest absolute Gasteiger partial charge is 0.396 e. The first-order valence-corrected chi connectivity index (χ1v) is 18.5. The van der Waals surface area contributed by atoms with Crippen LogP contribution >= 0.6 is 11.8 Å². The molecule has 0 radical (unpaired) electrons. The van der Waals surface area contributed by atoms with E-state index in [0.717, 1.165) is 37.2 Å². The van der Waals surface area contributed by atoms with Gasteiger partial charge in [0, 0.05) is 13.2 Å². The van der Waals surface area contributed by atoms with Crippen molar-refractivity contribution in [1.29, 1.82) is 0 Å². The van der Waals surface area contributed by atoms with Crippen LogP contribution in [0.5, 0.6) is 0 Å². The SMILES string of the molecule is CCCCCCCCCCC(O)COCC(CCO)CSCC(CCO)COCC(O)CCCCCCCCCC. The highest BCUT2D eigenvalue weighted by Gasteiger charge is 2.15. The number of unbranched alkanes of at least 4 members (excludes halogenated alkanes) is 14. The second kappa shape index (κ2) is 33.0. The summed E-state index contributed by atoms with van der Waals surface area (Å²) in [5, 5.41) is 39.5. The number of hydrogen-bond acceptors (Lipinski definition) is 7. The zero-order valence-corrected chi connectivity index (χ0v) is 27.9. The molecule has 0 aromatic heterocycles. The Labute approximate surface area is 258 Å². The molecule has 4 N–H and O–H groups in total. The van der Waals surface area contributed by atoms with Crippen molar-refractivity contribution in [1.82, 2.24) is 0 Å². The molecule has 0 rings (SSSR count). The Balaban J connectivity index is 3.96. The van der Waals surface area contributed by atoms with E-state index in [1.165, 1.54) is 89.9 Å². The predicted octanol–water partition coefficient (Wildman–Crippen LogP) is 7.53. The van der Waals surface area contributed by atoms with Crippen LogP contribution in [0, 0.1) is 11.8 Å². The average Bonchev–Trinajstić information content (AvgIpc) is 2.96. The van der Waals surface area contributed by atoms with Gasteiger partial charge in [-0.3, -0.25) is 0 Å². The van der Waals surface area contributed by atoms with Gasteiger partial charge in [-0.25, -0.2) is 0 Å². The van der Waals surface area contributed by atoms with Crippen molar-refractivity contribution in [3.05, 3.63) is 0 Å². The Bertz CT molecular complexity index is 456. The van der Waals surface area contributed by atoms with E-state index in [4.69, 9.17) is 9.47 Å². The molecule has 41 heavy (non-hydrogen) atoms. The van der Waals surface area contributed by atoms with Gasteiger partial charge in [-0.15, -0.1) is 0 Å². The van der Waals surface area contributed by atoms with Crippen molar-refractivity contribution >= 4 is 11.8 Å². The van der Waals surface area contributed by atoms with Gasteiger partial charge < -0.3 is 29.9 Å². The van der Waals surface area contributed by atoms with Crippen LogP contribution in [0.25, 0.3) is 0 Å². The molecule has 6 nitrogen and oxygen atoms in total. The molecule has 0 aromatic rings. The lowest BCUT2D eigenvalue weighted by atomic mass is 10.1. The molecule has 0 saturated carbocycles. The first kappa shape index (κ1) is 41.1. The summed E-state index contributed by atoms with van der Waals surface area (Å²) < 4.78 is 11.7. The maximum absolute atomic E-state index is 10.3. The second-order valence-corrected chi connectivity index (χ2v) is 13.3. The number of aliphatic hydroxyl groups excluding tert-OH is 4. The lowest BCUT2D eigenvalue weighted by molar-refractivity contribution is 0.0157. The molecule has 0 aliphatic heterocycles. The highest BCUT2D eigenvalue weighted by Crippen LogP contribution is 2.19. The number of hydrogen-bond donors (Lipinski definition) is 4. The molecule has 4 atom stereocenters. The molecule has 7 heteroatoms. The zero-order valence-electron chi connectivity index (χ0n) is 27.1. The second-order valence-electron chi connectivity index (χ2n) is 12.2. The summed E-state index contributed by atoms with van der Waals surface area (Å²) in [6.07, 6.45) is 22.4. The van der Waals surface area contributed by atoms with Gasteiger partial charge in [0.05, 0.1) is 38.6 Å². The van der Waals surface area contributed by atoms with E-state index in [1.54, 1.807) is 0 Å². The van der Waals surface area contributed by atoms with Gasteiger partial charge in [0.1, 0.15) is 0 Å². The van der Waals surface area contributed by atoms with Crippen molar-refractivity contribution in [3.8, 4) is 0 Å². The number of rotatable bonds is 34. The van der Waals surface area contributed by atoms with Crippen molar-refractivity contribution in [2.45, 2.75) is 154 Å². The van der Waals surface area contributed by atoms with Crippen LogP contribution in [0.4, 0.5) is 0 Å². The van der Waals surface area contributed by atoms with Crippen molar-refractivity contribution < 1.29 is 29.9 Å². The minimum absolute atomic E-state index is 0.134. The molecule has 0 fully saturated rings. The topological polar surface area (TPSA) is 99.4 Å². The molecule has 0 saturated heterocycles. The fourth-order valence-electron chi connectivity index (χ4n) is 5.13. The third-order valence-corrected chi connectivity index (χ3v) is 9.31. The normalized spacial score (nSPS) is 14.8. The summed E-state index contributed by atoms with van der Waals surface area (Å²) in [5.41, 5.74) is 0. The average molecular weight is 607 g/mol. The van der Waals surface area contributed by atoms with Crippen molar-refractivity contribution in [2.24, 2.45) is 11.8 Å². The molecule has 0 spiro atoms. The van der Waals surface area contributed by atoms with Crippen LogP contribution in [0.3, 0.4) is 0 Å². The summed E-state index contributed by atoms with van der Waals surface area (Å²) in [7, 11) is 0. The van der Waals surface area contributed by atoms with Gasteiger partial charge in [-0.05, 0) is 49.0 Å². The maximum Gasteiger partial charge on any atom is 0.0773 e. The summed E-state index contributed by atoms with van der Waals surface area (Å²) in [4.78, 5) is 0. The van der Waals surface area contributed by atoms with Gasteiger partial charge in [-0.2, -0.15) is 11.8 Å². The lowest BCUT2D eigenvalue weighted by Gasteiger charge is -2.20. The zero-order chi connectivity index (χ0) is 30.2. The highest BCUT2D eigenvalue weighted by atomic mass is 32.2. The number of thioether (sulfide) groups is 1. The Morgan fingerprint density at radius 1 is 0.463 bits per heavy atom. The smallest absolute Gasteiger partial charge is 0.0773 e. The monoisotopic (exact) mass is 606 g/mol. The van der Waals surface area contributed by atoms with Gasteiger partial charge in [-0.1, -0.05) is 117 Å². The first-order chi connectivity index (χ1) is 20.1.